The minimum atomic E-state index is -0.220. The number of nitrogens with two attached hydrogens (primary N) is 1. The van der Waals surface area contributed by atoms with Gasteiger partial charge in [0.05, 0.1) is 6.20 Å². The number of rotatable bonds is 5. The maximum atomic E-state index is 11.3. The van der Waals surface area contributed by atoms with Crippen molar-refractivity contribution in [2.75, 3.05) is 6.54 Å². The van der Waals surface area contributed by atoms with Crippen LogP contribution < -0.4 is 11.1 Å². The van der Waals surface area contributed by atoms with Crippen LogP contribution in [0.2, 0.25) is 0 Å². The first kappa shape index (κ1) is 10.6. The highest BCUT2D eigenvalue weighted by Gasteiger charge is 2.07. The molecule has 0 bridgehead atoms. The molecule has 0 aromatic carbocycles. The van der Waals surface area contributed by atoms with Gasteiger partial charge in [-0.2, -0.15) is 15.4 Å². The number of H-pyrrole nitrogens is 1. The summed E-state index contributed by atoms with van der Waals surface area (Å²) in [6, 6.07) is 0.146. The van der Waals surface area contributed by atoms with E-state index in [1.165, 1.54) is 6.20 Å². The van der Waals surface area contributed by atoms with Gasteiger partial charge >= 0.3 is 0 Å². The number of nitrogens with one attached hydrogen (secondary N) is 2. The Hall–Kier alpha value is -1.43. The number of nitrogens with zero attached hydrogens (tertiary/aromatic N) is 2. The van der Waals surface area contributed by atoms with Gasteiger partial charge in [-0.25, -0.2) is 0 Å². The maximum absolute atomic E-state index is 11.3. The first-order valence-electron chi connectivity index (χ1n) is 4.63. The standard InChI is InChI=1S/C8H15N5O/c1-2-6(9)3-4-10-8(14)7-5-11-13-12-7/h5-6H,2-4,9H2,1H3,(H,10,14)(H,11,12,13). The lowest BCUT2D eigenvalue weighted by atomic mass is 10.2. The van der Waals surface area contributed by atoms with Crippen LogP contribution in [0, 0.1) is 0 Å². The molecule has 1 rings (SSSR count). The van der Waals surface area contributed by atoms with Crippen LogP contribution >= 0.6 is 0 Å². The van der Waals surface area contributed by atoms with Gasteiger partial charge < -0.3 is 11.1 Å². The third kappa shape index (κ3) is 3.14. The Kier molecular flexibility index (Phi) is 4.06. The second-order valence-electron chi connectivity index (χ2n) is 3.07. The van der Waals surface area contributed by atoms with Gasteiger partial charge in [-0.1, -0.05) is 6.92 Å². The minimum absolute atomic E-state index is 0.146. The molecule has 14 heavy (non-hydrogen) atoms. The van der Waals surface area contributed by atoms with Crippen molar-refractivity contribution >= 4 is 5.91 Å². The quantitative estimate of drug-likeness (QED) is 0.601. The van der Waals surface area contributed by atoms with Crippen molar-refractivity contribution in [2.45, 2.75) is 25.8 Å². The Morgan fingerprint density at radius 3 is 3.14 bits per heavy atom. The van der Waals surface area contributed by atoms with Crippen molar-refractivity contribution in [1.29, 1.82) is 0 Å². The van der Waals surface area contributed by atoms with Gasteiger partial charge in [0.25, 0.3) is 5.91 Å². The third-order valence-electron chi connectivity index (χ3n) is 1.97. The van der Waals surface area contributed by atoms with Crippen molar-refractivity contribution in [1.82, 2.24) is 20.7 Å². The van der Waals surface area contributed by atoms with Gasteiger partial charge in [0, 0.05) is 12.6 Å². The maximum Gasteiger partial charge on any atom is 0.273 e. The summed E-state index contributed by atoms with van der Waals surface area (Å²) in [5, 5.41) is 12.3. The third-order valence-corrected chi connectivity index (χ3v) is 1.97. The molecule has 1 atom stereocenters. The summed E-state index contributed by atoms with van der Waals surface area (Å²) in [7, 11) is 0. The summed E-state index contributed by atoms with van der Waals surface area (Å²) in [5.74, 6) is -0.220. The zero-order valence-electron chi connectivity index (χ0n) is 8.16. The van der Waals surface area contributed by atoms with E-state index in [0.29, 0.717) is 12.2 Å². The number of hydrogen-bond acceptors (Lipinski definition) is 4. The number of hydrogen-bond donors (Lipinski definition) is 3. The van der Waals surface area contributed by atoms with Crippen LogP contribution in [-0.2, 0) is 0 Å². The Bertz CT molecular complexity index is 271. The molecule has 6 nitrogen and oxygen atoms in total. The van der Waals surface area contributed by atoms with E-state index < -0.39 is 0 Å². The Morgan fingerprint density at radius 1 is 1.79 bits per heavy atom. The first-order chi connectivity index (χ1) is 6.74. The number of amides is 1. The molecule has 0 aliphatic rings. The molecule has 0 spiro atoms. The van der Waals surface area contributed by atoms with Crippen molar-refractivity contribution in [3.05, 3.63) is 11.9 Å². The number of carbonyl (C=O) groups is 1. The largest absolute Gasteiger partial charge is 0.351 e. The molecule has 1 aromatic heterocycles. The molecule has 1 heterocycles. The van der Waals surface area contributed by atoms with Gasteiger partial charge in [-0.05, 0) is 12.8 Å². The van der Waals surface area contributed by atoms with E-state index in [9.17, 15) is 4.79 Å². The summed E-state index contributed by atoms with van der Waals surface area (Å²) in [6.07, 6.45) is 3.08. The second-order valence-corrected chi connectivity index (χ2v) is 3.07. The molecule has 4 N–H and O–H groups in total. The predicted octanol–water partition coefficient (Wildman–Crippen LogP) is -0.338. The lowest BCUT2D eigenvalue weighted by molar-refractivity contribution is 0.0947. The van der Waals surface area contributed by atoms with Crippen LogP contribution in [0.3, 0.4) is 0 Å². The lowest BCUT2D eigenvalue weighted by Crippen LogP contribution is -2.30. The molecule has 0 saturated heterocycles. The second kappa shape index (κ2) is 5.33. The fourth-order valence-corrected chi connectivity index (χ4v) is 0.977. The highest BCUT2D eigenvalue weighted by Crippen LogP contribution is 1.92. The average molecular weight is 197 g/mol. The number of carbonyl (C=O) groups excluding carboxylic acids is 1. The van der Waals surface area contributed by atoms with E-state index in [2.05, 4.69) is 20.7 Å². The van der Waals surface area contributed by atoms with E-state index in [0.717, 1.165) is 12.8 Å². The minimum Gasteiger partial charge on any atom is -0.351 e. The van der Waals surface area contributed by atoms with Crippen molar-refractivity contribution in [3.63, 3.8) is 0 Å². The average Bonchev–Trinajstić information content (AvgIpc) is 2.70. The normalized spacial score (nSPS) is 12.4. The molecule has 1 aromatic rings. The van der Waals surface area contributed by atoms with Crippen molar-refractivity contribution < 1.29 is 4.79 Å². The molecule has 6 heteroatoms. The Labute approximate surface area is 82.3 Å². The van der Waals surface area contributed by atoms with Crippen LogP contribution in [0.25, 0.3) is 0 Å². The monoisotopic (exact) mass is 197 g/mol. The smallest absolute Gasteiger partial charge is 0.273 e. The summed E-state index contributed by atoms with van der Waals surface area (Å²) < 4.78 is 0. The van der Waals surface area contributed by atoms with Crippen LogP contribution in [-0.4, -0.2) is 33.9 Å². The molecule has 0 saturated carbocycles. The van der Waals surface area contributed by atoms with Crippen LogP contribution in [0.4, 0.5) is 0 Å². The lowest BCUT2D eigenvalue weighted by Gasteiger charge is -2.08. The van der Waals surface area contributed by atoms with Gasteiger partial charge in [0.15, 0.2) is 5.69 Å². The summed E-state index contributed by atoms with van der Waals surface area (Å²) in [6.45, 7) is 2.59. The van der Waals surface area contributed by atoms with Crippen LogP contribution in [0.1, 0.15) is 30.3 Å². The topological polar surface area (TPSA) is 96.7 Å². The molecule has 1 unspecified atom stereocenters. The molecule has 0 fully saturated rings. The molecular weight excluding hydrogens is 182 g/mol. The Morgan fingerprint density at radius 2 is 2.57 bits per heavy atom. The summed E-state index contributed by atoms with van der Waals surface area (Å²) in [5.41, 5.74) is 5.99. The summed E-state index contributed by atoms with van der Waals surface area (Å²) in [4.78, 5) is 11.3. The van der Waals surface area contributed by atoms with E-state index >= 15 is 0 Å². The predicted molar refractivity (Wildman–Crippen MR) is 51.6 cm³/mol. The van der Waals surface area contributed by atoms with E-state index in [-0.39, 0.29) is 11.9 Å². The highest BCUT2D eigenvalue weighted by atomic mass is 16.1. The van der Waals surface area contributed by atoms with Gasteiger partial charge in [0.2, 0.25) is 0 Å². The van der Waals surface area contributed by atoms with Gasteiger partial charge in [-0.15, -0.1) is 0 Å². The van der Waals surface area contributed by atoms with Crippen molar-refractivity contribution in [2.24, 2.45) is 5.73 Å². The van der Waals surface area contributed by atoms with E-state index in [4.69, 9.17) is 5.73 Å². The van der Waals surface area contributed by atoms with Gasteiger partial charge in [0.1, 0.15) is 0 Å². The fourth-order valence-electron chi connectivity index (χ4n) is 0.977. The molecule has 0 aliphatic heterocycles. The van der Waals surface area contributed by atoms with E-state index in [1.54, 1.807) is 0 Å². The van der Waals surface area contributed by atoms with Crippen LogP contribution in [0.5, 0.6) is 0 Å². The number of aromatic nitrogens is 3. The SMILES string of the molecule is CCC(N)CCNC(=O)c1cn[nH]n1. The zero-order valence-corrected chi connectivity index (χ0v) is 8.16. The molecule has 0 aliphatic carbocycles. The first-order valence-corrected chi connectivity index (χ1v) is 4.63. The molecule has 1 amide bonds. The molecule has 78 valence electrons. The van der Waals surface area contributed by atoms with E-state index in [1.807, 2.05) is 6.92 Å². The van der Waals surface area contributed by atoms with Crippen molar-refractivity contribution in [3.8, 4) is 0 Å². The van der Waals surface area contributed by atoms with Gasteiger partial charge in [-0.3, -0.25) is 4.79 Å². The highest BCUT2D eigenvalue weighted by molar-refractivity contribution is 5.91. The fraction of sp³-hybridized carbons (Fsp3) is 0.625. The Balaban J connectivity index is 2.23. The molecule has 0 radical (unpaired) electrons. The number of aromatic amines is 1. The van der Waals surface area contributed by atoms with Crippen LogP contribution in [0.15, 0.2) is 6.20 Å². The molecular formula is C8H15N5O. The summed E-state index contributed by atoms with van der Waals surface area (Å²) >= 11 is 0. The zero-order chi connectivity index (χ0) is 10.4.